The number of nitriles is 1. The molecule has 2 aromatic rings. The molecule has 0 fully saturated rings. The van der Waals surface area contributed by atoms with E-state index in [1.54, 1.807) is 6.07 Å². The van der Waals surface area contributed by atoms with E-state index in [-0.39, 0.29) is 0 Å². The summed E-state index contributed by atoms with van der Waals surface area (Å²) in [6.45, 7) is 1.90. The number of aryl methyl sites for hydroxylation is 1. The van der Waals surface area contributed by atoms with Crippen LogP contribution in [0.5, 0.6) is 0 Å². The van der Waals surface area contributed by atoms with Crippen molar-refractivity contribution in [2.45, 2.75) is 6.92 Å². The molecule has 0 bridgehead atoms. The van der Waals surface area contributed by atoms with Crippen molar-refractivity contribution >= 4 is 17.4 Å². The van der Waals surface area contributed by atoms with Crippen molar-refractivity contribution in [2.75, 3.05) is 5.43 Å². The molecule has 1 aromatic heterocycles. The zero-order chi connectivity index (χ0) is 10.8. The molecule has 0 spiro atoms. The average molecular weight is 200 g/mol. The minimum Gasteiger partial charge on any atom is -0.277 e. The predicted molar refractivity (Wildman–Crippen MR) is 54.6 cm³/mol. The van der Waals surface area contributed by atoms with Crippen molar-refractivity contribution in [1.29, 1.82) is 5.26 Å². The molecule has 0 aliphatic carbocycles. The standard InChI is InChI=1S/C10H8N4O/c1-7-2-3-8(4-11)9-10(7)14(5-12-9)13-6-15/h2-3,5-6H,1H3,(H,13,15). The van der Waals surface area contributed by atoms with Crippen molar-refractivity contribution in [3.05, 3.63) is 29.6 Å². The van der Waals surface area contributed by atoms with Gasteiger partial charge in [0.2, 0.25) is 6.41 Å². The third-order valence-electron chi connectivity index (χ3n) is 2.21. The lowest BCUT2D eigenvalue weighted by Gasteiger charge is -2.03. The highest BCUT2D eigenvalue weighted by atomic mass is 16.1. The molecule has 0 saturated carbocycles. The summed E-state index contributed by atoms with van der Waals surface area (Å²) >= 11 is 0. The molecule has 1 aromatic carbocycles. The average Bonchev–Trinajstić information content (AvgIpc) is 2.64. The normalized spacial score (nSPS) is 9.87. The van der Waals surface area contributed by atoms with Gasteiger partial charge in [-0.25, -0.2) is 9.66 Å². The quantitative estimate of drug-likeness (QED) is 0.732. The van der Waals surface area contributed by atoms with Crippen LogP contribution >= 0.6 is 0 Å². The number of rotatable bonds is 2. The molecule has 1 N–H and O–H groups in total. The fourth-order valence-corrected chi connectivity index (χ4v) is 1.53. The van der Waals surface area contributed by atoms with E-state index in [2.05, 4.69) is 16.5 Å². The Hall–Kier alpha value is -2.35. The van der Waals surface area contributed by atoms with Crippen LogP contribution < -0.4 is 5.43 Å². The molecule has 0 unspecified atom stereocenters. The molecule has 0 radical (unpaired) electrons. The lowest BCUT2D eigenvalue weighted by atomic mass is 10.1. The number of hydrogen-bond acceptors (Lipinski definition) is 3. The zero-order valence-corrected chi connectivity index (χ0v) is 8.06. The van der Waals surface area contributed by atoms with Crippen LogP contribution in [0.25, 0.3) is 11.0 Å². The summed E-state index contributed by atoms with van der Waals surface area (Å²) in [6.07, 6.45) is 2.05. The number of benzene rings is 1. The van der Waals surface area contributed by atoms with Crippen molar-refractivity contribution in [3.8, 4) is 6.07 Å². The van der Waals surface area contributed by atoms with Crippen LogP contribution in [-0.2, 0) is 4.79 Å². The van der Waals surface area contributed by atoms with Crippen molar-refractivity contribution in [2.24, 2.45) is 0 Å². The predicted octanol–water partition coefficient (Wildman–Crippen LogP) is 0.916. The molecule has 1 amide bonds. The summed E-state index contributed by atoms with van der Waals surface area (Å²) in [6, 6.07) is 5.60. The molecule has 1 heterocycles. The van der Waals surface area contributed by atoms with E-state index in [1.807, 2.05) is 13.0 Å². The Morgan fingerprint density at radius 1 is 1.60 bits per heavy atom. The van der Waals surface area contributed by atoms with Gasteiger partial charge in [0.05, 0.1) is 11.1 Å². The van der Waals surface area contributed by atoms with E-state index in [1.165, 1.54) is 11.0 Å². The maximum atomic E-state index is 10.4. The number of fused-ring (bicyclic) bond motifs is 1. The van der Waals surface area contributed by atoms with Gasteiger partial charge in [-0.15, -0.1) is 0 Å². The van der Waals surface area contributed by atoms with Crippen LogP contribution in [-0.4, -0.2) is 16.1 Å². The Kier molecular flexibility index (Phi) is 2.10. The van der Waals surface area contributed by atoms with Crippen molar-refractivity contribution < 1.29 is 4.79 Å². The maximum absolute atomic E-state index is 10.4. The van der Waals surface area contributed by atoms with E-state index in [0.717, 1.165) is 11.1 Å². The van der Waals surface area contributed by atoms with E-state index in [9.17, 15) is 4.79 Å². The Balaban J connectivity index is 2.79. The lowest BCUT2D eigenvalue weighted by molar-refractivity contribution is -0.106. The fraction of sp³-hybridized carbons (Fsp3) is 0.100. The molecule has 2 rings (SSSR count). The summed E-state index contributed by atoms with van der Waals surface area (Å²) in [5.41, 5.74) is 5.30. The first-order chi connectivity index (χ1) is 7.27. The van der Waals surface area contributed by atoms with Gasteiger partial charge >= 0.3 is 0 Å². The Labute approximate surface area is 85.9 Å². The summed E-state index contributed by atoms with van der Waals surface area (Å²) < 4.78 is 1.50. The van der Waals surface area contributed by atoms with E-state index in [0.29, 0.717) is 17.5 Å². The topological polar surface area (TPSA) is 70.7 Å². The summed E-state index contributed by atoms with van der Waals surface area (Å²) in [7, 11) is 0. The summed E-state index contributed by atoms with van der Waals surface area (Å²) in [5.74, 6) is 0. The number of carbonyl (C=O) groups excluding carboxylic acids is 1. The number of aromatic nitrogens is 2. The fourth-order valence-electron chi connectivity index (χ4n) is 1.53. The molecule has 0 aliphatic rings. The lowest BCUT2D eigenvalue weighted by Crippen LogP contribution is -2.11. The number of imidazole rings is 1. The zero-order valence-electron chi connectivity index (χ0n) is 8.06. The van der Waals surface area contributed by atoms with Crippen molar-refractivity contribution in [1.82, 2.24) is 9.66 Å². The number of carbonyl (C=O) groups is 1. The van der Waals surface area contributed by atoms with Gasteiger partial charge < -0.3 is 0 Å². The van der Waals surface area contributed by atoms with Gasteiger partial charge in [-0.1, -0.05) is 6.07 Å². The van der Waals surface area contributed by atoms with E-state index in [4.69, 9.17) is 5.26 Å². The molecule has 15 heavy (non-hydrogen) atoms. The summed E-state index contributed by atoms with van der Waals surface area (Å²) in [4.78, 5) is 14.4. The van der Waals surface area contributed by atoms with Crippen LogP contribution in [0.1, 0.15) is 11.1 Å². The largest absolute Gasteiger partial charge is 0.277 e. The second-order valence-electron chi connectivity index (χ2n) is 3.10. The Morgan fingerprint density at radius 3 is 3.07 bits per heavy atom. The third kappa shape index (κ3) is 1.32. The molecular formula is C10H8N4O. The first-order valence-electron chi connectivity index (χ1n) is 4.35. The number of amides is 1. The minimum absolute atomic E-state index is 0.502. The molecule has 5 heteroatoms. The Bertz CT molecular complexity index is 565. The molecule has 0 saturated heterocycles. The molecule has 74 valence electrons. The van der Waals surface area contributed by atoms with Gasteiger partial charge in [-0.2, -0.15) is 5.26 Å². The van der Waals surface area contributed by atoms with Gasteiger partial charge in [0.15, 0.2) is 0 Å². The SMILES string of the molecule is Cc1ccc(C#N)c2ncn(NC=O)c12. The smallest absolute Gasteiger partial charge is 0.226 e. The molecule has 0 aliphatic heterocycles. The highest BCUT2D eigenvalue weighted by Crippen LogP contribution is 2.19. The van der Waals surface area contributed by atoms with Gasteiger partial charge in [-0.05, 0) is 18.6 Å². The third-order valence-corrected chi connectivity index (χ3v) is 2.21. The van der Waals surface area contributed by atoms with Gasteiger partial charge in [0.1, 0.15) is 17.9 Å². The number of nitrogens with one attached hydrogen (secondary N) is 1. The maximum Gasteiger partial charge on any atom is 0.226 e. The second-order valence-corrected chi connectivity index (χ2v) is 3.10. The van der Waals surface area contributed by atoms with Gasteiger partial charge in [0.25, 0.3) is 0 Å². The van der Waals surface area contributed by atoms with Crippen LogP contribution in [0.4, 0.5) is 0 Å². The van der Waals surface area contributed by atoms with Crippen molar-refractivity contribution in [3.63, 3.8) is 0 Å². The van der Waals surface area contributed by atoms with Gasteiger partial charge in [-0.3, -0.25) is 10.2 Å². The first-order valence-corrected chi connectivity index (χ1v) is 4.35. The molecular weight excluding hydrogens is 192 g/mol. The number of hydrogen-bond donors (Lipinski definition) is 1. The van der Waals surface area contributed by atoms with E-state index >= 15 is 0 Å². The van der Waals surface area contributed by atoms with E-state index < -0.39 is 0 Å². The Morgan fingerprint density at radius 2 is 2.40 bits per heavy atom. The molecule has 5 nitrogen and oxygen atoms in total. The highest BCUT2D eigenvalue weighted by molar-refractivity contribution is 5.85. The highest BCUT2D eigenvalue weighted by Gasteiger charge is 2.09. The van der Waals surface area contributed by atoms with Crippen LogP contribution in [0.15, 0.2) is 18.5 Å². The van der Waals surface area contributed by atoms with Crippen LogP contribution in [0.3, 0.4) is 0 Å². The summed E-state index contributed by atoms with van der Waals surface area (Å²) in [5, 5.41) is 8.88. The first kappa shape index (κ1) is 9.21. The monoisotopic (exact) mass is 200 g/mol. The molecule has 0 atom stereocenters. The van der Waals surface area contributed by atoms with Crippen LogP contribution in [0.2, 0.25) is 0 Å². The van der Waals surface area contributed by atoms with Crippen LogP contribution in [0, 0.1) is 18.3 Å². The second kappa shape index (κ2) is 3.42. The number of nitrogens with zero attached hydrogens (tertiary/aromatic N) is 3. The minimum atomic E-state index is 0.502. The van der Waals surface area contributed by atoms with Gasteiger partial charge in [0, 0.05) is 0 Å².